The summed E-state index contributed by atoms with van der Waals surface area (Å²) in [5.74, 6) is 1.67. The highest BCUT2D eigenvalue weighted by Gasteiger charge is 2.15. The zero-order valence-electron chi connectivity index (χ0n) is 14.9. The largest absolute Gasteiger partial charge is 0.459 e. The molecule has 4 aromatic rings. The maximum absolute atomic E-state index is 12.4. The van der Waals surface area contributed by atoms with Gasteiger partial charge in [0.1, 0.15) is 17.3 Å². The first-order valence-electron chi connectivity index (χ1n) is 8.68. The molecule has 146 valence electrons. The van der Waals surface area contributed by atoms with Gasteiger partial charge < -0.3 is 14.2 Å². The lowest BCUT2D eigenvalue weighted by molar-refractivity contribution is 0.0921. The predicted octanol–water partition coefficient (Wildman–Crippen LogP) is 7.21. The van der Waals surface area contributed by atoms with Gasteiger partial charge in [-0.1, -0.05) is 51.3 Å². The van der Waals surface area contributed by atoms with E-state index in [-0.39, 0.29) is 18.2 Å². The second-order valence-corrected chi connectivity index (χ2v) is 8.00. The van der Waals surface area contributed by atoms with Crippen LogP contribution in [0.1, 0.15) is 16.3 Å². The normalized spacial score (nSPS) is 10.9. The van der Waals surface area contributed by atoms with E-state index >= 15 is 0 Å². The smallest absolute Gasteiger partial charge is 0.287 e. The van der Waals surface area contributed by atoms with Crippen molar-refractivity contribution >= 4 is 45.0 Å². The van der Waals surface area contributed by atoms with Crippen molar-refractivity contribution in [1.82, 2.24) is 5.32 Å². The molecule has 0 bridgehead atoms. The van der Waals surface area contributed by atoms with Gasteiger partial charge in [-0.3, -0.25) is 4.79 Å². The van der Waals surface area contributed by atoms with E-state index in [2.05, 4.69) is 21.2 Å². The summed E-state index contributed by atoms with van der Waals surface area (Å²) in [6, 6.07) is 19.8. The monoisotopic (exact) mass is 489 g/mol. The van der Waals surface area contributed by atoms with E-state index in [9.17, 15) is 4.79 Å². The van der Waals surface area contributed by atoms with Crippen molar-refractivity contribution in [2.45, 2.75) is 6.54 Å². The average molecular weight is 491 g/mol. The van der Waals surface area contributed by atoms with Crippen LogP contribution in [0.5, 0.6) is 0 Å². The Kier molecular flexibility index (Phi) is 5.81. The quantitative estimate of drug-likeness (QED) is 0.321. The van der Waals surface area contributed by atoms with Gasteiger partial charge in [-0.25, -0.2) is 0 Å². The molecule has 0 aliphatic rings. The van der Waals surface area contributed by atoms with Crippen LogP contribution < -0.4 is 5.32 Å². The number of furan rings is 2. The molecule has 7 heteroatoms. The summed E-state index contributed by atoms with van der Waals surface area (Å²) in [5.41, 5.74) is 1.59. The Morgan fingerprint density at radius 1 is 0.897 bits per heavy atom. The third kappa shape index (κ3) is 4.58. The molecule has 4 nitrogen and oxygen atoms in total. The highest BCUT2D eigenvalue weighted by molar-refractivity contribution is 9.10. The summed E-state index contributed by atoms with van der Waals surface area (Å²) >= 11 is 15.6. The van der Waals surface area contributed by atoms with E-state index < -0.39 is 0 Å². The number of amides is 1. The first-order valence-corrected chi connectivity index (χ1v) is 10.2. The van der Waals surface area contributed by atoms with E-state index in [0.29, 0.717) is 27.1 Å². The van der Waals surface area contributed by atoms with Gasteiger partial charge in [0.05, 0.1) is 11.6 Å². The minimum absolute atomic E-state index is 0.177. The number of nitrogens with one attached hydrogen (secondary N) is 1. The number of benzene rings is 2. The number of rotatable bonds is 5. The Bertz CT molecular complexity index is 1170. The van der Waals surface area contributed by atoms with E-state index in [1.165, 1.54) is 0 Å². The molecule has 0 saturated heterocycles. The Morgan fingerprint density at radius 2 is 1.66 bits per heavy atom. The van der Waals surface area contributed by atoms with Crippen molar-refractivity contribution in [3.05, 3.63) is 92.8 Å². The van der Waals surface area contributed by atoms with Gasteiger partial charge in [0.2, 0.25) is 0 Å². The lowest BCUT2D eigenvalue weighted by atomic mass is 10.2. The summed E-state index contributed by atoms with van der Waals surface area (Å²) in [6.45, 7) is 0.239. The van der Waals surface area contributed by atoms with Crippen LogP contribution in [0, 0.1) is 0 Å². The van der Waals surface area contributed by atoms with E-state index in [1.807, 2.05) is 36.4 Å². The van der Waals surface area contributed by atoms with Crippen LogP contribution in [0.3, 0.4) is 0 Å². The van der Waals surface area contributed by atoms with Gasteiger partial charge >= 0.3 is 0 Å². The topological polar surface area (TPSA) is 55.4 Å². The fraction of sp³-hybridized carbons (Fsp3) is 0.0455. The summed E-state index contributed by atoms with van der Waals surface area (Å²) < 4.78 is 12.5. The second kappa shape index (κ2) is 8.49. The number of carbonyl (C=O) groups excluding carboxylic acids is 1. The number of hydrogen-bond donors (Lipinski definition) is 1. The molecule has 0 spiro atoms. The molecule has 29 heavy (non-hydrogen) atoms. The molecular formula is C22H14BrCl2NO3. The summed E-state index contributed by atoms with van der Waals surface area (Å²) in [4.78, 5) is 12.4. The molecule has 0 fully saturated rings. The lowest BCUT2D eigenvalue weighted by Gasteiger charge is -2.03. The molecule has 0 atom stereocenters. The van der Waals surface area contributed by atoms with Crippen molar-refractivity contribution < 1.29 is 13.6 Å². The molecule has 0 saturated carbocycles. The average Bonchev–Trinajstić information content (AvgIpc) is 3.38. The maximum atomic E-state index is 12.4. The van der Waals surface area contributed by atoms with Gasteiger partial charge in [0, 0.05) is 20.6 Å². The molecule has 0 radical (unpaired) electrons. The number of hydrogen-bond acceptors (Lipinski definition) is 3. The second-order valence-electron chi connectivity index (χ2n) is 6.24. The van der Waals surface area contributed by atoms with Crippen LogP contribution in [0.4, 0.5) is 0 Å². The Labute approximate surface area is 185 Å². The van der Waals surface area contributed by atoms with Crippen LogP contribution in [-0.4, -0.2) is 5.91 Å². The van der Waals surface area contributed by atoms with Crippen molar-refractivity contribution in [3.8, 4) is 22.6 Å². The van der Waals surface area contributed by atoms with Gasteiger partial charge in [-0.15, -0.1) is 0 Å². The molecule has 1 amide bonds. The van der Waals surface area contributed by atoms with Crippen LogP contribution in [0.25, 0.3) is 22.6 Å². The molecule has 2 aromatic carbocycles. The van der Waals surface area contributed by atoms with Crippen molar-refractivity contribution in [2.75, 3.05) is 0 Å². The highest BCUT2D eigenvalue weighted by atomic mass is 79.9. The molecule has 0 aliphatic heterocycles. The van der Waals surface area contributed by atoms with Gasteiger partial charge in [0.15, 0.2) is 5.76 Å². The fourth-order valence-corrected chi connectivity index (χ4v) is 3.43. The van der Waals surface area contributed by atoms with Crippen LogP contribution in [-0.2, 0) is 6.54 Å². The van der Waals surface area contributed by atoms with Crippen LogP contribution in [0.15, 0.2) is 80.0 Å². The van der Waals surface area contributed by atoms with Crippen molar-refractivity contribution in [3.63, 3.8) is 0 Å². The minimum atomic E-state index is -0.351. The number of halogens is 3. The molecule has 1 N–H and O–H groups in total. The maximum Gasteiger partial charge on any atom is 0.287 e. The molecule has 0 aliphatic carbocycles. The van der Waals surface area contributed by atoms with Crippen LogP contribution in [0.2, 0.25) is 10.0 Å². The lowest BCUT2D eigenvalue weighted by Crippen LogP contribution is -2.21. The summed E-state index contributed by atoms with van der Waals surface area (Å²) in [5, 5.41) is 3.81. The van der Waals surface area contributed by atoms with Gasteiger partial charge in [-0.05, 0) is 54.6 Å². The van der Waals surface area contributed by atoms with E-state index in [0.717, 1.165) is 15.8 Å². The first kappa shape index (κ1) is 19.8. The summed E-state index contributed by atoms with van der Waals surface area (Å²) in [6.07, 6.45) is 0. The standard InChI is InChI=1S/C22H14BrCl2NO3/c23-14-3-1-13(2-4-14)19-8-6-16(28-19)12-26-22(27)21-10-9-20(29-21)17-11-15(24)5-7-18(17)25/h1-11H,12H2,(H,26,27). The summed E-state index contributed by atoms with van der Waals surface area (Å²) in [7, 11) is 0. The third-order valence-electron chi connectivity index (χ3n) is 4.24. The first-order chi connectivity index (χ1) is 14.0. The Balaban J connectivity index is 1.42. The SMILES string of the molecule is O=C(NCc1ccc(-c2ccc(Br)cc2)o1)c1ccc(-c2cc(Cl)ccc2Cl)o1. The van der Waals surface area contributed by atoms with Gasteiger partial charge in [0.25, 0.3) is 5.91 Å². The van der Waals surface area contributed by atoms with Crippen LogP contribution >= 0.6 is 39.1 Å². The Morgan fingerprint density at radius 3 is 2.45 bits per heavy atom. The Hall–Kier alpha value is -2.47. The molecule has 2 heterocycles. The predicted molar refractivity (Wildman–Crippen MR) is 117 cm³/mol. The van der Waals surface area contributed by atoms with Crippen molar-refractivity contribution in [2.24, 2.45) is 0 Å². The zero-order valence-corrected chi connectivity index (χ0v) is 18.0. The van der Waals surface area contributed by atoms with Crippen molar-refractivity contribution in [1.29, 1.82) is 0 Å². The molecule has 2 aromatic heterocycles. The minimum Gasteiger partial charge on any atom is -0.459 e. The molecular weight excluding hydrogens is 477 g/mol. The zero-order chi connectivity index (χ0) is 20.4. The fourth-order valence-electron chi connectivity index (χ4n) is 2.79. The molecule has 0 unspecified atom stereocenters. The highest BCUT2D eigenvalue weighted by Crippen LogP contribution is 2.32. The van der Waals surface area contributed by atoms with Gasteiger partial charge in [-0.2, -0.15) is 0 Å². The molecule has 4 rings (SSSR count). The third-order valence-corrected chi connectivity index (χ3v) is 5.33. The van der Waals surface area contributed by atoms with E-state index in [1.54, 1.807) is 30.3 Å². The van der Waals surface area contributed by atoms with E-state index in [4.69, 9.17) is 32.0 Å². The number of carbonyl (C=O) groups is 1.